The smallest absolute Gasteiger partial charge is 0.263 e. The van der Waals surface area contributed by atoms with Crippen LogP contribution in [-0.2, 0) is 24.4 Å². The summed E-state index contributed by atoms with van der Waals surface area (Å²) in [6.45, 7) is 0.0191. The summed E-state index contributed by atoms with van der Waals surface area (Å²) in [7, 11) is -3.88. The van der Waals surface area contributed by atoms with Crippen molar-refractivity contribution in [1.82, 2.24) is 30.2 Å². The molecule has 5 atom stereocenters. The van der Waals surface area contributed by atoms with E-state index in [2.05, 4.69) is 20.3 Å². The molecule has 53 heavy (non-hydrogen) atoms. The van der Waals surface area contributed by atoms with E-state index >= 15 is 0 Å². The molecular weight excluding hydrogens is 717 g/mol. The third-order valence-electron chi connectivity index (χ3n) is 10.7. The van der Waals surface area contributed by atoms with Crippen molar-refractivity contribution >= 4 is 66.7 Å². The minimum atomic E-state index is -3.88. The minimum Gasteiger partial charge on any atom is -0.472 e. The second-order valence-corrected chi connectivity index (χ2v) is 17.2. The molecule has 3 fully saturated rings. The third-order valence-corrected chi connectivity index (χ3v) is 13.2. The van der Waals surface area contributed by atoms with Crippen LogP contribution >= 0.6 is 11.3 Å². The van der Waals surface area contributed by atoms with E-state index in [-0.39, 0.29) is 19.4 Å². The van der Waals surface area contributed by atoms with Crippen LogP contribution in [0.4, 0.5) is 0 Å². The van der Waals surface area contributed by atoms with Crippen molar-refractivity contribution in [2.24, 2.45) is 5.92 Å². The van der Waals surface area contributed by atoms with Crippen molar-refractivity contribution in [3.05, 3.63) is 77.3 Å². The number of sulfonamides is 1. The van der Waals surface area contributed by atoms with E-state index in [9.17, 15) is 27.6 Å². The lowest BCUT2D eigenvalue weighted by atomic mass is 10.0. The number of benzene rings is 2. The molecule has 4 aliphatic rings. The lowest BCUT2D eigenvalue weighted by Gasteiger charge is -2.29. The molecule has 15 heteroatoms. The first kappa shape index (κ1) is 35.2. The zero-order valence-electron chi connectivity index (χ0n) is 28.9. The Morgan fingerprint density at radius 3 is 2.53 bits per heavy atom. The van der Waals surface area contributed by atoms with Gasteiger partial charge in [-0.15, -0.1) is 11.3 Å². The third kappa shape index (κ3) is 7.11. The number of allylic oxidation sites excluding steroid dienone is 1. The van der Waals surface area contributed by atoms with Crippen LogP contribution in [-0.4, -0.2) is 82.4 Å². The van der Waals surface area contributed by atoms with Gasteiger partial charge in [0, 0.05) is 23.1 Å². The number of thiazole rings is 1. The van der Waals surface area contributed by atoms with Crippen LogP contribution in [0.15, 0.2) is 72.4 Å². The summed E-state index contributed by atoms with van der Waals surface area (Å²) in [5, 5.41) is 7.86. The van der Waals surface area contributed by atoms with Gasteiger partial charge in [0.2, 0.25) is 27.7 Å². The molecule has 3 N–H and O–H groups in total. The van der Waals surface area contributed by atoms with Crippen molar-refractivity contribution in [2.75, 3.05) is 6.54 Å². The first-order chi connectivity index (χ1) is 25.6. The van der Waals surface area contributed by atoms with Crippen LogP contribution in [0.1, 0.15) is 67.5 Å². The summed E-state index contributed by atoms with van der Waals surface area (Å²) in [5.74, 6) is -2.30. The molecule has 8 rings (SSSR count). The Labute approximate surface area is 310 Å². The Morgan fingerprint density at radius 1 is 0.981 bits per heavy atom. The molecule has 2 aromatic heterocycles. The van der Waals surface area contributed by atoms with Gasteiger partial charge in [0.1, 0.15) is 28.6 Å². The highest BCUT2D eigenvalue weighted by atomic mass is 32.2. The molecule has 2 aliphatic heterocycles. The maximum Gasteiger partial charge on any atom is 0.263 e. The molecule has 2 aromatic carbocycles. The number of nitrogens with zero attached hydrogens (tertiary/aromatic N) is 3. The molecule has 4 aromatic rings. The first-order valence-electron chi connectivity index (χ1n) is 18.1. The van der Waals surface area contributed by atoms with E-state index in [1.807, 2.05) is 60.7 Å². The molecule has 4 heterocycles. The highest BCUT2D eigenvalue weighted by Gasteiger charge is 2.62. The fourth-order valence-electron chi connectivity index (χ4n) is 7.53. The molecular formula is C38H40N6O7S2. The van der Waals surface area contributed by atoms with Gasteiger partial charge in [-0.1, -0.05) is 61.4 Å². The lowest BCUT2D eigenvalue weighted by molar-refractivity contribution is -0.141. The van der Waals surface area contributed by atoms with Gasteiger partial charge in [-0.25, -0.2) is 13.4 Å². The van der Waals surface area contributed by atoms with Gasteiger partial charge in [-0.2, -0.15) is 0 Å². The Bertz CT molecular complexity index is 2220. The predicted octanol–water partition coefficient (Wildman–Crippen LogP) is 4.00. The number of hydrogen-bond acceptors (Lipinski definition) is 10. The predicted molar refractivity (Wildman–Crippen MR) is 198 cm³/mol. The number of nitrogens with one attached hydrogen (secondary N) is 3. The number of amides is 4. The van der Waals surface area contributed by atoms with E-state index in [0.717, 1.165) is 45.9 Å². The minimum absolute atomic E-state index is 0.0191. The summed E-state index contributed by atoms with van der Waals surface area (Å²) >= 11 is 1.16. The summed E-state index contributed by atoms with van der Waals surface area (Å²) < 4.78 is 34.5. The molecule has 1 saturated heterocycles. The van der Waals surface area contributed by atoms with Crippen molar-refractivity contribution in [3.63, 3.8) is 0 Å². The van der Waals surface area contributed by atoms with E-state index < -0.39 is 68.5 Å². The number of rotatable bonds is 7. The normalized spacial score (nSPS) is 26.5. The highest BCUT2D eigenvalue weighted by Crippen LogP contribution is 2.46. The highest BCUT2D eigenvalue weighted by molar-refractivity contribution is 7.91. The van der Waals surface area contributed by atoms with Gasteiger partial charge < -0.3 is 20.3 Å². The van der Waals surface area contributed by atoms with Crippen LogP contribution in [0, 0.1) is 5.92 Å². The number of aromatic nitrogens is 2. The summed E-state index contributed by atoms with van der Waals surface area (Å²) in [4.78, 5) is 66.5. The molecule has 4 amide bonds. The first-order valence-corrected chi connectivity index (χ1v) is 20.5. The van der Waals surface area contributed by atoms with Gasteiger partial charge in [0.05, 0.1) is 29.0 Å². The Kier molecular flexibility index (Phi) is 9.39. The molecule has 2 aliphatic carbocycles. The fourth-order valence-corrected chi connectivity index (χ4v) is 9.41. The quantitative estimate of drug-likeness (QED) is 0.186. The van der Waals surface area contributed by atoms with Crippen LogP contribution < -0.4 is 20.1 Å². The zero-order chi connectivity index (χ0) is 36.7. The summed E-state index contributed by atoms with van der Waals surface area (Å²) in [6, 6.07) is 13.5. The van der Waals surface area contributed by atoms with Crippen LogP contribution in [0.25, 0.3) is 21.7 Å². The van der Waals surface area contributed by atoms with E-state index in [1.165, 1.54) is 11.1 Å². The van der Waals surface area contributed by atoms with Crippen molar-refractivity contribution in [2.45, 2.75) is 86.8 Å². The van der Waals surface area contributed by atoms with Gasteiger partial charge in [0.25, 0.3) is 11.8 Å². The number of fused-ring (bicyclic) bond motifs is 5. The maximum absolute atomic E-state index is 14.6. The van der Waals surface area contributed by atoms with E-state index in [1.54, 1.807) is 5.51 Å². The largest absolute Gasteiger partial charge is 0.472 e. The van der Waals surface area contributed by atoms with Crippen molar-refractivity contribution in [3.8, 4) is 5.88 Å². The maximum atomic E-state index is 14.6. The topological polar surface area (TPSA) is 177 Å². The zero-order valence-corrected chi connectivity index (χ0v) is 30.5. The fraction of sp³-hybridized carbons (Fsp3) is 0.421. The molecule has 276 valence electrons. The Balaban J connectivity index is 1.12. The summed E-state index contributed by atoms with van der Waals surface area (Å²) in [6.07, 6.45) is 9.19. The second kappa shape index (κ2) is 14.2. The molecule has 0 spiro atoms. The van der Waals surface area contributed by atoms with E-state index in [0.29, 0.717) is 42.9 Å². The van der Waals surface area contributed by atoms with Crippen LogP contribution in [0.2, 0.25) is 0 Å². The number of pyridine rings is 1. The summed E-state index contributed by atoms with van der Waals surface area (Å²) in [5.41, 5.74) is 0.788. The van der Waals surface area contributed by atoms with Crippen LogP contribution in [0.3, 0.4) is 0 Å². The van der Waals surface area contributed by atoms with Gasteiger partial charge in [-0.3, -0.25) is 28.9 Å². The number of carbonyl (C=O) groups excluding carboxylic acids is 4. The van der Waals surface area contributed by atoms with Crippen molar-refractivity contribution in [1.29, 1.82) is 0 Å². The van der Waals surface area contributed by atoms with Gasteiger partial charge >= 0.3 is 0 Å². The molecule has 0 unspecified atom stereocenters. The second-order valence-electron chi connectivity index (χ2n) is 14.4. The number of ether oxygens (including phenoxy) is 1. The monoisotopic (exact) mass is 756 g/mol. The van der Waals surface area contributed by atoms with Crippen molar-refractivity contribution < 1.29 is 32.3 Å². The molecule has 0 bridgehead atoms. The Morgan fingerprint density at radius 2 is 1.75 bits per heavy atom. The van der Waals surface area contributed by atoms with Gasteiger partial charge in [0.15, 0.2) is 0 Å². The SMILES string of the molecule is O=C(N[C@H]1CCCCCC=C[C@@H]2C[C@@]2(C(=O)NS(=O)(=O)C2CC2)NC(=O)[C@@H]2C[C@@H](Oc3nc4ccccc4c4ccccc34)CN2C1=O)c1cncs1. The Hall–Kier alpha value is -4.89. The number of carbonyl (C=O) groups is 4. The number of hydrogen-bond donors (Lipinski definition) is 3. The average molecular weight is 757 g/mol. The van der Waals surface area contributed by atoms with Crippen LogP contribution in [0.5, 0.6) is 5.88 Å². The molecule has 2 saturated carbocycles. The molecule has 13 nitrogen and oxygen atoms in total. The van der Waals surface area contributed by atoms with Gasteiger partial charge in [-0.05, 0) is 56.0 Å². The standard InChI is InChI=1S/C38H40N6O7S2/c45-33-31-18-24(51-35-28-13-7-6-11-26(28)27-12-8-9-14-29(27)41-35)21-44(31)36(47)30(40-34(46)32-20-39-22-52-32)15-5-3-1-2-4-10-23-19-38(23,42-33)37(48)43-53(49,50)25-16-17-25/h4,6-14,20,22-25,30-31H,1-3,5,15-19,21H2,(H,40,46)(H,42,45)(H,43,48)/t23-,24-,30+,31+,38-/m1/s1. The number of para-hydroxylation sites is 1. The van der Waals surface area contributed by atoms with E-state index in [4.69, 9.17) is 9.72 Å². The lowest BCUT2D eigenvalue weighted by Crippen LogP contribution is -2.58. The molecule has 0 radical (unpaired) electrons. The average Bonchev–Trinajstić information content (AvgIpc) is 4.01.